The van der Waals surface area contributed by atoms with Gasteiger partial charge in [-0.25, -0.2) is 4.98 Å². The van der Waals surface area contributed by atoms with E-state index in [-0.39, 0.29) is 5.91 Å². The zero-order chi connectivity index (χ0) is 15.4. The third kappa shape index (κ3) is 3.91. The van der Waals surface area contributed by atoms with Crippen molar-refractivity contribution in [1.82, 2.24) is 4.98 Å². The average Bonchev–Trinajstić information content (AvgIpc) is 2.99. The van der Waals surface area contributed by atoms with Crippen molar-refractivity contribution in [2.24, 2.45) is 0 Å². The third-order valence-electron chi connectivity index (χ3n) is 4.04. The summed E-state index contributed by atoms with van der Waals surface area (Å²) in [6, 6.07) is 10.0. The Morgan fingerprint density at radius 3 is 2.68 bits per heavy atom. The second-order valence-electron chi connectivity index (χ2n) is 5.84. The molecule has 6 heteroatoms. The Morgan fingerprint density at radius 2 is 1.95 bits per heavy atom. The summed E-state index contributed by atoms with van der Waals surface area (Å²) < 4.78 is 0. The molecule has 1 aliphatic heterocycles. The van der Waals surface area contributed by atoms with Gasteiger partial charge in [0, 0.05) is 10.9 Å². The molecule has 0 unspecified atom stereocenters. The monoisotopic (exact) mass is 318 g/mol. The number of carbonyl (C=O) groups excluding carboxylic acids is 1. The normalized spacial score (nSPS) is 21.5. The van der Waals surface area contributed by atoms with Crippen molar-refractivity contribution in [2.75, 3.05) is 45.1 Å². The SMILES string of the molecule is C[NH+]1CC[NH+](CC(=O)Nc2nc(-c3ccccc3)cs2)CC1. The highest BCUT2D eigenvalue weighted by atomic mass is 32.1. The van der Waals surface area contributed by atoms with E-state index in [0.29, 0.717) is 11.7 Å². The highest BCUT2D eigenvalue weighted by Crippen LogP contribution is 2.24. The summed E-state index contributed by atoms with van der Waals surface area (Å²) in [7, 11) is 2.21. The summed E-state index contributed by atoms with van der Waals surface area (Å²) in [5, 5.41) is 5.60. The predicted octanol–water partition coefficient (Wildman–Crippen LogP) is -0.838. The first-order chi connectivity index (χ1) is 10.7. The lowest BCUT2D eigenvalue weighted by molar-refractivity contribution is -0.999. The first kappa shape index (κ1) is 15.1. The van der Waals surface area contributed by atoms with E-state index in [1.54, 1.807) is 4.90 Å². The lowest BCUT2D eigenvalue weighted by atomic mass is 10.2. The number of hydrogen-bond donors (Lipinski definition) is 3. The summed E-state index contributed by atoms with van der Waals surface area (Å²) in [5.41, 5.74) is 1.99. The number of anilines is 1. The zero-order valence-corrected chi connectivity index (χ0v) is 13.6. The fourth-order valence-corrected chi connectivity index (χ4v) is 3.41. The second kappa shape index (κ2) is 7.00. The molecule has 1 aliphatic rings. The van der Waals surface area contributed by atoms with E-state index in [0.717, 1.165) is 37.4 Å². The third-order valence-corrected chi connectivity index (χ3v) is 4.80. The number of likely N-dealkylation sites (N-methyl/N-ethyl adjacent to an activating group) is 1. The molecule has 116 valence electrons. The van der Waals surface area contributed by atoms with Gasteiger partial charge >= 0.3 is 0 Å². The Kier molecular flexibility index (Phi) is 4.82. The van der Waals surface area contributed by atoms with Gasteiger partial charge in [-0.15, -0.1) is 11.3 Å². The van der Waals surface area contributed by atoms with E-state index in [9.17, 15) is 4.79 Å². The van der Waals surface area contributed by atoms with Crippen LogP contribution in [0.1, 0.15) is 0 Å². The van der Waals surface area contributed by atoms with Gasteiger partial charge in [0.2, 0.25) is 0 Å². The van der Waals surface area contributed by atoms with Crippen molar-refractivity contribution >= 4 is 22.4 Å². The first-order valence-corrected chi connectivity index (χ1v) is 8.54. The lowest BCUT2D eigenvalue weighted by Gasteiger charge is -2.26. The van der Waals surface area contributed by atoms with Gasteiger partial charge in [-0.2, -0.15) is 0 Å². The molecule has 5 nitrogen and oxygen atoms in total. The van der Waals surface area contributed by atoms with Crippen molar-refractivity contribution in [2.45, 2.75) is 0 Å². The van der Waals surface area contributed by atoms with Crippen LogP contribution in [0.3, 0.4) is 0 Å². The van der Waals surface area contributed by atoms with E-state index in [4.69, 9.17) is 0 Å². The molecule has 0 aliphatic carbocycles. The van der Waals surface area contributed by atoms with Crippen LogP contribution in [-0.4, -0.2) is 50.7 Å². The highest BCUT2D eigenvalue weighted by Gasteiger charge is 2.22. The minimum atomic E-state index is 0.0588. The van der Waals surface area contributed by atoms with Crippen LogP contribution >= 0.6 is 11.3 Å². The number of nitrogens with one attached hydrogen (secondary N) is 3. The van der Waals surface area contributed by atoms with E-state index in [1.807, 2.05) is 35.7 Å². The molecule has 3 N–H and O–H groups in total. The van der Waals surface area contributed by atoms with Gasteiger partial charge in [0.05, 0.1) is 12.7 Å². The van der Waals surface area contributed by atoms with E-state index >= 15 is 0 Å². The van der Waals surface area contributed by atoms with Crippen molar-refractivity contribution in [3.05, 3.63) is 35.7 Å². The minimum Gasteiger partial charge on any atom is -0.328 e. The van der Waals surface area contributed by atoms with Crippen LogP contribution in [0.25, 0.3) is 11.3 Å². The Hall–Kier alpha value is -1.76. The van der Waals surface area contributed by atoms with Crippen molar-refractivity contribution < 1.29 is 14.6 Å². The topological polar surface area (TPSA) is 50.9 Å². The molecule has 2 aromatic rings. The Morgan fingerprint density at radius 1 is 1.23 bits per heavy atom. The van der Waals surface area contributed by atoms with E-state index in [2.05, 4.69) is 17.3 Å². The van der Waals surface area contributed by atoms with Gasteiger partial charge in [-0.3, -0.25) is 10.1 Å². The number of rotatable bonds is 4. The molecule has 0 atom stereocenters. The van der Waals surface area contributed by atoms with Gasteiger partial charge in [0.25, 0.3) is 5.91 Å². The van der Waals surface area contributed by atoms with Crippen LogP contribution in [0.4, 0.5) is 5.13 Å². The van der Waals surface area contributed by atoms with Gasteiger partial charge in [0.1, 0.15) is 26.2 Å². The van der Waals surface area contributed by atoms with Crippen molar-refractivity contribution in [3.8, 4) is 11.3 Å². The van der Waals surface area contributed by atoms with Crippen molar-refractivity contribution in [3.63, 3.8) is 0 Å². The molecule has 1 saturated heterocycles. The van der Waals surface area contributed by atoms with Gasteiger partial charge < -0.3 is 9.80 Å². The summed E-state index contributed by atoms with van der Waals surface area (Å²) in [4.78, 5) is 19.6. The molecule has 0 bridgehead atoms. The van der Waals surface area contributed by atoms with Crippen LogP contribution in [0, 0.1) is 0 Å². The molecule has 3 rings (SSSR count). The quantitative estimate of drug-likeness (QED) is 0.689. The number of amides is 1. The molecule has 1 amide bonds. The molecular formula is C16H22N4OS+2. The maximum atomic E-state index is 12.1. The van der Waals surface area contributed by atoms with E-state index in [1.165, 1.54) is 16.2 Å². The van der Waals surface area contributed by atoms with Crippen LogP contribution in [0.5, 0.6) is 0 Å². The Bertz CT molecular complexity index is 620. The number of nitrogens with zero attached hydrogens (tertiary/aromatic N) is 1. The maximum absolute atomic E-state index is 12.1. The molecular weight excluding hydrogens is 296 g/mol. The fraction of sp³-hybridized carbons (Fsp3) is 0.375. The zero-order valence-electron chi connectivity index (χ0n) is 12.8. The molecule has 1 aromatic heterocycles. The maximum Gasteiger partial charge on any atom is 0.281 e. The molecule has 2 heterocycles. The number of carbonyl (C=O) groups is 1. The number of hydrogen-bond acceptors (Lipinski definition) is 3. The molecule has 1 aromatic carbocycles. The number of benzene rings is 1. The Balaban J connectivity index is 1.55. The average molecular weight is 318 g/mol. The number of aromatic nitrogens is 1. The lowest BCUT2D eigenvalue weighted by Crippen LogP contribution is -3.27. The smallest absolute Gasteiger partial charge is 0.281 e. The standard InChI is InChI=1S/C16H20N4OS/c1-19-7-9-20(10-8-19)11-15(21)18-16-17-14(12-22-16)13-5-3-2-4-6-13/h2-6,12H,7-11H2,1H3,(H,17,18,21)/p+2. The summed E-state index contributed by atoms with van der Waals surface area (Å²) in [5.74, 6) is 0.0588. The van der Waals surface area contributed by atoms with Crippen LogP contribution in [0.2, 0.25) is 0 Å². The molecule has 1 fully saturated rings. The molecule has 0 spiro atoms. The van der Waals surface area contributed by atoms with E-state index < -0.39 is 0 Å². The number of piperazine rings is 1. The van der Waals surface area contributed by atoms with Crippen molar-refractivity contribution in [1.29, 1.82) is 0 Å². The van der Waals surface area contributed by atoms with Gasteiger partial charge in [-0.1, -0.05) is 30.3 Å². The number of thiazole rings is 1. The molecule has 0 radical (unpaired) electrons. The predicted molar refractivity (Wildman–Crippen MR) is 88.4 cm³/mol. The van der Waals surface area contributed by atoms with Gasteiger partial charge in [0.15, 0.2) is 11.7 Å². The number of quaternary nitrogens is 2. The highest BCUT2D eigenvalue weighted by molar-refractivity contribution is 7.14. The second-order valence-corrected chi connectivity index (χ2v) is 6.69. The van der Waals surface area contributed by atoms with Crippen LogP contribution in [0.15, 0.2) is 35.7 Å². The summed E-state index contributed by atoms with van der Waals surface area (Å²) in [6.45, 7) is 4.93. The minimum absolute atomic E-state index is 0.0588. The Labute approximate surface area is 134 Å². The largest absolute Gasteiger partial charge is 0.328 e. The molecule has 22 heavy (non-hydrogen) atoms. The fourth-order valence-electron chi connectivity index (χ4n) is 2.67. The molecule has 0 saturated carbocycles. The summed E-state index contributed by atoms with van der Waals surface area (Å²) in [6.07, 6.45) is 0. The van der Waals surface area contributed by atoms with Crippen LogP contribution in [-0.2, 0) is 4.79 Å². The van der Waals surface area contributed by atoms with Crippen LogP contribution < -0.4 is 15.1 Å². The summed E-state index contributed by atoms with van der Waals surface area (Å²) >= 11 is 1.48. The van der Waals surface area contributed by atoms with Gasteiger partial charge in [-0.05, 0) is 0 Å². The first-order valence-electron chi connectivity index (χ1n) is 7.66.